The van der Waals surface area contributed by atoms with Gasteiger partial charge in [0.1, 0.15) is 18.5 Å². The molecule has 0 spiro atoms. The van der Waals surface area contributed by atoms with Gasteiger partial charge in [0.25, 0.3) is 0 Å². The molecule has 0 aliphatic heterocycles. The van der Waals surface area contributed by atoms with Crippen LogP contribution in [0.2, 0.25) is 0 Å². The number of hydrazone groups is 2. The number of para-hydroxylation sites is 4. The smallest absolute Gasteiger partial charge is 0.130 e. The highest BCUT2D eigenvalue weighted by Crippen LogP contribution is 2.31. The maximum atomic E-state index is 11.5. The average molecular weight is 729 g/mol. The predicted octanol–water partition coefficient (Wildman–Crippen LogP) is 10.1. The van der Waals surface area contributed by atoms with E-state index < -0.39 is 6.10 Å². The summed E-state index contributed by atoms with van der Waals surface area (Å²) in [5.74, 6) is 0.641. The van der Waals surface area contributed by atoms with Gasteiger partial charge in [0.2, 0.25) is 0 Å². The zero-order valence-corrected chi connectivity index (χ0v) is 31.7. The number of nitrogens with zero attached hydrogens (tertiary/aromatic N) is 6. The number of benzene rings is 6. The number of anilines is 4. The van der Waals surface area contributed by atoms with Crippen molar-refractivity contribution in [1.29, 1.82) is 0 Å². The summed E-state index contributed by atoms with van der Waals surface area (Å²) in [6, 6.07) is 51.2. The Morgan fingerprint density at radius 3 is 1.89 bits per heavy atom. The highest BCUT2D eigenvalue weighted by Gasteiger charge is 2.16. The molecular weight excluding hydrogens is 681 g/mol. The standard InChI is InChI=1S/C47H48N6O2/c1-4-50(5-2)41-28-27-37(33-49-53(39-20-12-8-13-21-39)40-22-14-9-15-23-40)47(31-41)55-35-42(54)34-52(38-18-10-7-11-19-38)48-32-36-26-29-46-44(30-36)43-24-16-17-25-45(43)51(46)6-3/h7-33,42,54H,4-6,34-35H2,1-3H3/b48-32+,49-33+. The Labute approximate surface area is 323 Å². The molecule has 8 nitrogen and oxygen atoms in total. The van der Waals surface area contributed by atoms with Crippen LogP contribution in [0, 0.1) is 0 Å². The first-order valence-electron chi connectivity index (χ1n) is 19.1. The first-order chi connectivity index (χ1) is 27.1. The van der Waals surface area contributed by atoms with Crippen LogP contribution in [0.25, 0.3) is 21.8 Å². The number of ether oxygens (including phenoxy) is 1. The van der Waals surface area contributed by atoms with Gasteiger partial charge in [-0.2, -0.15) is 10.2 Å². The molecule has 6 aromatic carbocycles. The molecule has 7 rings (SSSR count). The van der Waals surface area contributed by atoms with E-state index in [9.17, 15) is 5.11 Å². The van der Waals surface area contributed by atoms with Crippen molar-refractivity contribution in [2.45, 2.75) is 33.4 Å². The van der Waals surface area contributed by atoms with Crippen molar-refractivity contribution in [3.8, 4) is 5.75 Å². The van der Waals surface area contributed by atoms with Crippen molar-refractivity contribution in [1.82, 2.24) is 4.57 Å². The minimum absolute atomic E-state index is 0.0605. The van der Waals surface area contributed by atoms with E-state index in [-0.39, 0.29) is 13.2 Å². The zero-order chi connectivity index (χ0) is 38.0. The second kappa shape index (κ2) is 17.6. The second-order valence-corrected chi connectivity index (χ2v) is 13.3. The van der Waals surface area contributed by atoms with Crippen molar-refractivity contribution in [2.75, 3.05) is 41.2 Å². The molecule has 1 heterocycles. The van der Waals surface area contributed by atoms with Crippen LogP contribution < -0.4 is 19.7 Å². The number of aromatic nitrogens is 1. The number of aliphatic hydroxyl groups is 1. The third-order valence-electron chi connectivity index (χ3n) is 9.77. The Bertz CT molecular complexity index is 2310. The van der Waals surface area contributed by atoms with Crippen LogP contribution >= 0.6 is 0 Å². The molecule has 8 heteroatoms. The molecule has 0 radical (unpaired) electrons. The van der Waals surface area contributed by atoms with Crippen molar-refractivity contribution < 1.29 is 9.84 Å². The van der Waals surface area contributed by atoms with Gasteiger partial charge in [-0.25, -0.2) is 5.01 Å². The Balaban J connectivity index is 1.13. The molecule has 1 N–H and O–H groups in total. The Morgan fingerprint density at radius 2 is 1.24 bits per heavy atom. The van der Waals surface area contributed by atoms with E-state index in [1.54, 1.807) is 0 Å². The topological polar surface area (TPSA) is 68.8 Å². The van der Waals surface area contributed by atoms with Crippen molar-refractivity contribution in [3.63, 3.8) is 0 Å². The summed E-state index contributed by atoms with van der Waals surface area (Å²) < 4.78 is 8.80. The molecule has 0 bridgehead atoms. The minimum atomic E-state index is -0.852. The number of aliphatic hydroxyl groups excluding tert-OH is 1. The predicted molar refractivity (Wildman–Crippen MR) is 231 cm³/mol. The van der Waals surface area contributed by atoms with Gasteiger partial charge in [0.05, 0.1) is 36.0 Å². The van der Waals surface area contributed by atoms with Gasteiger partial charge < -0.3 is 19.3 Å². The summed E-state index contributed by atoms with van der Waals surface area (Å²) in [4.78, 5) is 2.27. The lowest BCUT2D eigenvalue weighted by atomic mass is 10.1. The van der Waals surface area contributed by atoms with Crippen LogP contribution in [-0.4, -0.2) is 54.4 Å². The second-order valence-electron chi connectivity index (χ2n) is 13.3. The zero-order valence-electron chi connectivity index (χ0n) is 31.7. The first kappa shape index (κ1) is 37.0. The van der Waals surface area contributed by atoms with E-state index in [2.05, 4.69) is 78.8 Å². The third kappa shape index (κ3) is 8.56. The Kier molecular flexibility index (Phi) is 11.8. The number of fused-ring (bicyclic) bond motifs is 3. The summed E-state index contributed by atoms with van der Waals surface area (Å²) >= 11 is 0. The van der Waals surface area contributed by atoms with E-state index in [4.69, 9.17) is 14.9 Å². The van der Waals surface area contributed by atoms with Gasteiger partial charge in [0, 0.05) is 58.8 Å². The van der Waals surface area contributed by atoms with Gasteiger partial charge in [-0.05, 0) is 93.1 Å². The summed E-state index contributed by atoms with van der Waals surface area (Å²) in [6.07, 6.45) is 2.84. The van der Waals surface area contributed by atoms with E-state index in [0.29, 0.717) is 5.75 Å². The van der Waals surface area contributed by atoms with Crippen molar-refractivity contribution >= 4 is 57.0 Å². The Morgan fingerprint density at radius 1 is 0.618 bits per heavy atom. The fourth-order valence-electron chi connectivity index (χ4n) is 6.97. The fourth-order valence-corrected chi connectivity index (χ4v) is 6.97. The van der Waals surface area contributed by atoms with E-state index in [1.807, 2.05) is 126 Å². The van der Waals surface area contributed by atoms with Crippen LogP contribution in [0.3, 0.4) is 0 Å². The van der Waals surface area contributed by atoms with Gasteiger partial charge in [-0.15, -0.1) is 0 Å². The molecular formula is C47H48N6O2. The van der Waals surface area contributed by atoms with E-state index in [1.165, 1.54) is 21.8 Å². The van der Waals surface area contributed by atoms with E-state index in [0.717, 1.165) is 53.5 Å². The van der Waals surface area contributed by atoms with Crippen LogP contribution in [0.4, 0.5) is 22.7 Å². The fraction of sp³-hybridized carbons (Fsp3) is 0.191. The molecule has 0 fully saturated rings. The minimum Gasteiger partial charge on any atom is -0.490 e. The molecule has 0 amide bonds. The van der Waals surface area contributed by atoms with Crippen LogP contribution in [0.1, 0.15) is 31.9 Å². The monoisotopic (exact) mass is 728 g/mol. The van der Waals surface area contributed by atoms with Crippen LogP contribution in [0.15, 0.2) is 162 Å². The molecule has 55 heavy (non-hydrogen) atoms. The van der Waals surface area contributed by atoms with Crippen LogP contribution in [-0.2, 0) is 6.54 Å². The van der Waals surface area contributed by atoms with Gasteiger partial charge in [-0.3, -0.25) is 5.01 Å². The first-order valence-corrected chi connectivity index (χ1v) is 19.1. The lowest BCUT2D eigenvalue weighted by Gasteiger charge is -2.24. The SMILES string of the molecule is CCN(CC)c1ccc(/C=N/N(c2ccccc2)c2ccccc2)c(OCC(O)CN(/N=C/c2ccc3c(c2)c2ccccc2n3CC)c2ccccc2)c1. The third-order valence-corrected chi connectivity index (χ3v) is 9.77. The molecule has 1 unspecified atom stereocenters. The van der Waals surface area contributed by atoms with Crippen molar-refractivity contribution in [2.24, 2.45) is 10.2 Å². The number of hydrogen-bond acceptors (Lipinski definition) is 7. The maximum Gasteiger partial charge on any atom is 0.130 e. The number of rotatable bonds is 16. The highest BCUT2D eigenvalue weighted by molar-refractivity contribution is 6.09. The van der Waals surface area contributed by atoms with E-state index >= 15 is 0 Å². The highest BCUT2D eigenvalue weighted by atomic mass is 16.5. The number of hydrogen-bond donors (Lipinski definition) is 1. The lowest BCUT2D eigenvalue weighted by Crippen LogP contribution is -2.33. The molecule has 7 aromatic rings. The summed E-state index contributed by atoms with van der Waals surface area (Å²) in [7, 11) is 0. The van der Waals surface area contributed by atoms with Gasteiger partial charge in [0.15, 0.2) is 0 Å². The molecule has 1 atom stereocenters. The quantitative estimate of drug-likeness (QED) is 0.0793. The van der Waals surface area contributed by atoms with Gasteiger partial charge >= 0.3 is 0 Å². The van der Waals surface area contributed by atoms with Crippen LogP contribution in [0.5, 0.6) is 5.75 Å². The molecule has 0 aliphatic carbocycles. The summed E-state index contributed by atoms with van der Waals surface area (Å²) in [5.41, 5.74) is 8.02. The lowest BCUT2D eigenvalue weighted by molar-refractivity contribution is 0.112. The molecule has 0 saturated carbocycles. The molecule has 278 valence electrons. The number of aryl methyl sites for hydroxylation is 1. The summed E-state index contributed by atoms with van der Waals surface area (Å²) in [5, 5.41) is 27.5. The van der Waals surface area contributed by atoms with Crippen molar-refractivity contribution in [3.05, 3.63) is 163 Å². The molecule has 0 aliphatic rings. The average Bonchev–Trinajstić information content (AvgIpc) is 3.56. The Hall–Kier alpha value is -6.38. The largest absolute Gasteiger partial charge is 0.490 e. The molecule has 0 saturated heterocycles. The summed E-state index contributed by atoms with van der Waals surface area (Å²) in [6.45, 7) is 9.36. The van der Waals surface area contributed by atoms with Gasteiger partial charge in [-0.1, -0.05) is 78.9 Å². The maximum absolute atomic E-state index is 11.5. The molecule has 1 aromatic heterocycles. The normalized spacial score (nSPS) is 12.1.